The summed E-state index contributed by atoms with van der Waals surface area (Å²) in [7, 11) is 0. The van der Waals surface area contributed by atoms with E-state index in [0.717, 1.165) is 19.3 Å². The average Bonchev–Trinajstić information content (AvgIpc) is 2.66. The molecule has 5 nitrogen and oxygen atoms in total. The van der Waals surface area contributed by atoms with Crippen LogP contribution in [0.4, 0.5) is 0 Å². The lowest BCUT2D eigenvalue weighted by atomic mass is 9.66. The molecule has 0 aromatic carbocycles. The van der Waals surface area contributed by atoms with Crippen LogP contribution >= 0.6 is 0 Å². The smallest absolute Gasteiger partial charge is 0.308 e. The van der Waals surface area contributed by atoms with Crippen molar-refractivity contribution in [2.45, 2.75) is 84.8 Å². The van der Waals surface area contributed by atoms with Gasteiger partial charge in [-0.1, -0.05) is 45.9 Å². The van der Waals surface area contributed by atoms with Crippen LogP contribution in [0.1, 0.15) is 72.6 Å². The summed E-state index contributed by atoms with van der Waals surface area (Å²) < 4.78 is 5.40. The van der Waals surface area contributed by atoms with E-state index in [-0.39, 0.29) is 24.4 Å². The maximum atomic E-state index is 11.5. The Hall–Kier alpha value is -1.62. The van der Waals surface area contributed by atoms with E-state index in [9.17, 15) is 14.7 Å². The van der Waals surface area contributed by atoms with E-state index in [1.165, 1.54) is 18.4 Å². The number of ether oxygens (including phenoxy) is 1. The van der Waals surface area contributed by atoms with E-state index in [0.29, 0.717) is 30.1 Å². The van der Waals surface area contributed by atoms with Crippen molar-refractivity contribution in [1.29, 1.82) is 0 Å². The molecular formula is C24H38O5. The van der Waals surface area contributed by atoms with Crippen LogP contribution in [0.5, 0.6) is 0 Å². The van der Waals surface area contributed by atoms with Crippen LogP contribution in [0.2, 0.25) is 0 Å². The van der Waals surface area contributed by atoms with Gasteiger partial charge in [0.25, 0.3) is 0 Å². The van der Waals surface area contributed by atoms with E-state index >= 15 is 0 Å². The first-order chi connectivity index (χ1) is 13.7. The van der Waals surface area contributed by atoms with Crippen LogP contribution in [0.3, 0.4) is 0 Å². The molecule has 0 bridgehead atoms. The van der Waals surface area contributed by atoms with Gasteiger partial charge in [-0.25, -0.2) is 0 Å². The van der Waals surface area contributed by atoms with Crippen LogP contribution in [0, 0.1) is 29.6 Å². The Morgan fingerprint density at radius 1 is 1.28 bits per heavy atom. The average molecular weight is 407 g/mol. The Morgan fingerprint density at radius 3 is 2.59 bits per heavy atom. The summed E-state index contributed by atoms with van der Waals surface area (Å²) in [6.07, 6.45) is 12.5. The molecule has 1 saturated heterocycles. The number of rotatable bonds is 5. The molecule has 7 unspecified atom stereocenters. The number of aliphatic carboxylic acids is 1. The van der Waals surface area contributed by atoms with Crippen molar-refractivity contribution in [2.24, 2.45) is 29.6 Å². The largest absolute Gasteiger partial charge is 0.481 e. The van der Waals surface area contributed by atoms with Crippen LogP contribution in [0.25, 0.3) is 0 Å². The first-order valence-electron chi connectivity index (χ1n) is 11.2. The van der Waals surface area contributed by atoms with Gasteiger partial charge in [-0.15, -0.1) is 0 Å². The fourth-order valence-corrected chi connectivity index (χ4v) is 4.61. The fourth-order valence-electron chi connectivity index (χ4n) is 4.61. The van der Waals surface area contributed by atoms with E-state index in [4.69, 9.17) is 9.84 Å². The topological polar surface area (TPSA) is 83.8 Å². The fraction of sp³-hybridized carbons (Fsp3) is 0.750. The van der Waals surface area contributed by atoms with Crippen molar-refractivity contribution in [2.75, 3.05) is 0 Å². The number of carboxylic acid groups (broad SMARTS) is 1. The van der Waals surface area contributed by atoms with E-state index in [1.54, 1.807) is 6.92 Å². The van der Waals surface area contributed by atoms with Gasteiger partial charge in [0.1, 0.15) is 6.10 Å². The molecule has 0 amide bonds. The highest BCUT2D eigenvalue weighted by Gasteiger charge is 2.34. The number of carboxylic acids is 1. The summed E-state index contributed by atoms with van der Waals surface area (Å²) in [5.74, 6) is 1.45. The molecule has 164 valence electrons. The second-order valence-corrected chi connectivity index (χ2v) is 9.14. The number of esters is 1. The summed E-state index contributed by atoms with van der Waals surface area (Å²) in [6, 6.07) is 0. The Morgan fingerprint density at radius 2 is 2.00 bits per heavy atom. The number of aliphatic hydroxyl groups is 1. The SMILES string of the molecule is CC1C=C2C=CC(C)C(CCC3CC(O)CC(=O)O3)C2CC1.CCC(C)C(=O)O. The third kappa shape index (κ3) is 6.98. The molecular weight excluding hydrogens is 368 g/mol. The van der Waals surface area contributed by atoms with Crippen molar-refractivity contribution in [3.05, 3.63) is 23.8 Å². The number of hydrogen-bond acceptors (Lipinski definition) is 4. The second-order valence-electron chi connectivity index (χ2n) is 9.14. The Kier molecular flexibility index (Phi) is 8.94. The van der Waals surface area contributed by atoms with Gasteiger partial charge in [0.15, 0.2) is 0 Å². The monoisotopic (exact) mass is 406 g/mol. The number of carbonyl (C=O) groups is 2. The molecule has 1 heterocycles. The van der Waals surface area contributed by atoms with Gasteiger partial charge >= 0.3 is 11.9 Å². The molecule has 3 aliphatic rings. The van der Waals surface area contributed by atoms with Crippen molar-refractivity contribution in [3.8, 4) is 0 Å². The van der Waals surface area contributed by atoms with Crippen LogP contribution < -0.4 is 0 Å². The van der Waals surface area contributed by atoms with Crippen molar-refractivity contribution in [3.63, 3.8) is 0 Å². The zero-order valence-electron chi connectivity index (χ0n) is 18.3. The zero-order chi connectivity index (χ0) is 21.6. The minimum atomic E-state index is -0.706. The lowest BCUT2D eigenvalue weighted by molar-refractivity contribution is -0.160. The molecule has 0 saturated carbocycles. The molecule has 0 aromatic rings. The van der Waals surface area contributed by atoms with Gasteiger partial charge in [0.05, 0.1) is 18.4 Å². The zero-order valence-corrected chi connectivity index (χ0v) is 18.3. The molecule has 2 N–H and O–H groups in total. The van der Waals surface area contributed by atoms with Crippen molar-refractivity contribution >= 4 is 11.9 Å². The number of aliphatic hydroxyl groups excluding tert-OH is 1. The maximum absolute atomic E-state index is 11.5. The predicted molar refractivity (Wildman–Crippen MR) is 113 cm³/mol. The molecule has 7 atom stereocenters. The molecule has 29 heavy (non-hydrogen) atoms. The van der Waals surface area contributed by atoms with E-state index < -0.39 is 12.1 Å². The lowest BCUT2D eigenvalue weighted by Crippen LogP contribution is -2.34. The molecule has 1 fully saturated rings. The maximum Gasteiger partial charge on any atom is 0.308 e. The molecule has 0 aromatic heterocycles. The van der Waals surface area contributed by atoms with Gasteiger partial charge in [-0.2, -0.15) is 0 Å². The summed E-state index contributed by atoms with van der Waals surface area (Å²) in [5, 5.41) is 17.9. The number of fused-ring (bicyclic) bond motifs is 1. The van der Waals surface area contributed by atoms with Crippen LogP contribution in [0.15, 0.2) is 23.8 Å². The number of hydrogen-bond donors (Lipinski definition) is 2. The first-order valence-corrected chi connectivity index (χ1v) is 11.2. The Bertz CT molecular complexity index is 623. The van der Waals surface area contributed by atoms with Gasteiger partial charge in [0.2, 0.25) is 0 Å². The number of allylic oxidation sites excluding steroid dienone is 4. The van der Waals surface area contributed by atoms with Gasteiger partial charge in [0, 0.05) is 6.42 Å². The number of cyclic esters (lactones) is 1. The van der Waals surface area contributed by atoms with Gasteiger partial charge < -0.3 is 14.9 Å². The number of carbonyl (C=O) groups excluding carboxylic acids is 1. The lowest BCUT2D eigenvalue weighted by Gasteiger charge is -2.39. The molecule has 2 aliphatic carbocycles. The summed E-state index contributed by atoms with van der Waals surface area (Å²) in [4.78, 5) is 21.4. The third-order valence-corrected chi connectivity index (χ3v) is 6.71. The first kappa shape index (κ1) is 23.7. The van der Waals surface area contributed by atoms with Crippen molar-refractivity contribution in [1.82, 2.24) is 0 Å². The molecule has 0 radical (unpaired) electrons. The molecule has 0 spiro atoms. The highest BCUT2D eigenvalue weighted by molar-refractivity contribution is 5.71. The summed E-state index contributed by atoms with van der Waals surface area (Å²) >= 11 is 0. The summed E-state index contributed by atoms with van der Waals surface area (Å²) in [6.45, 7) is 8.16. The molecule has 3 rings (SSSR count). The highest BCUT2D eigenvalue weighted by Crippen LogP contribution is 2.43. The van der Waals surface area contributed by atoms with Crippen LogP contribution in [-0.4, -0.2) is 34.4 Å². The minimum Gasteiger partial charge on any atom is -0.481 e. The van der Waals surface area contributed by atoms with Crippen molar-refractivity contribution < 1.29 is 24.5 Å². The molecule has 1 aliphatic heterocycles. The Balaban J connectivity index is 0.000000370. The normalized spacial score (nSPS) is 34.8. The quantitative estimate of drug-likeness (QED) is 0.644. The van der Waals surface area contributed by atoms with Crippen LogP contribution in [-0.2, 0) is 14.3 Å². The second kappa shape index (κ2) is 11.0. The Labute approximate surface area is 175 Å². The van der Waals surface area contributed by atoms with E-state index in [1.807, 2.05) is 6.92 Å². The van der Waals surface area contributed by atoms with Gasteiger partial charge in [-0.05, 0) is 61.3 Å². The standard InChI is InChI=1S/C19H28O3.C5H10O2/c1-12-3-7-18-14(9-12)5-4-13(2)17(18)8-6-16-10-15(20)11-19(21)22-16;1-3-4(2)5(6)7/h4-5,9,12-13,15-18,20H,3,6-8,10-11H2,1-2H3;4H,3H2,1-2H3,(H,6,7). The van der Waals surface area contributed by atoms with E-state index in [2.05, 4.69) is 32.1 Å². The molecule has 5 heteroatoms. The third-order valence-electron chi connectivity index (χ3n) is 6.71. The summed E-state index contributed by atoms with van der Waals surface area (Å²) in [5.41, 5.74) is 1.52. The highest BCUT2D eigenvalue weighted by atomic mass is 16.5. The predicted octanol–water partition coefficient (Wildman–Crippen LogP) is 4.74. The minimum absolute atomic E-state index is 0.0932. The van der Waals surface area contributed by atoms with Gasteiger partial charge in [-0.3, -0.25) is 9.59 Å².